The quantitative estimate of drug-likeness (QED) is 0.287. The zero-order valence-corrected chi connectivity index (χ0v) is 21.7. The van der Waals surface area contributed by atoms with Crippen molar-refractivity contribution in [1.82, 2.24) is 19.7 Å². The highest BCUT2D eigenvalue weighted by atomic mass is 19.4. The first kappa shape index (κ1) is 26.2. The van der Waals surface area contributed by atoms with Crippen molar-refractivity contribution in [3.63, 3.8) is 0 Å². The first-order valence-electron chi connectivity index (χ1n) is 13.1. The Balaban J connectivity index is 1.28. The van der Waals surface area contributed by atoms with Crippen LogP contribution in [0, 0.1) is 35.2 Å². The van der Waals surface area contributed by atoms with Crippen LogP contribution in [0.25, 0.3) is 0 Å². The molecule has 4 aliphatic rings. The molecule has 6 rings (SSSR count). The number of alkyl halides is 3. The Labute approximate surface area is 221 Å². The molecule has 1 aliphatic carbocycles. The van der Waals surface area contributed by atoms with Crippen LogP contribution in [0.2, 0.25) is 0 Å². The molecule has 0 N–H and O–H groups in total. The van der Waals surface area contributed by atoms with E-state index in [-0.39, 0.29) is 47.3 Å². The lowest BCUT2D eigenvalue weighted by Crippen LogP contribution is -2.35. The molecule has 6 atom stereocenters. The maximum absolute atomic E-state index is 14.7. The van der Waals surface area contributed by atoms with Gasteiger partial charge in [0.05, 0.1) is 24.5 Å². The molecule has 3 aliphatic heterocycles. The van der Waals surface area contributed by atoms with E-state index in [0.29, 0.717) is 19.2 Å². The molecule has 0 radical (unpaired) electrons. The van der Waals surface area contributed by atoms with Gasteiger partial charge in [0.15, 0.2) is 17.5 Å². The molecule has 3 unspecified atom stereocenters. The summed E-state index contributed by atoms with van der Waals surface area (Å²) in [6.45, 7) is 6.01. The SMILES string of the molecule is CC(C)(C)OC(=O)N1CC2CC[C@@H]3[C@H]([C@@H]2C1)N3c1nc2n(n1)CC(C(F)(F)F)CC2c1ccc(F)c(F)c1F. The summed E-state index contributed by atoms with van der Waals surface area (Å²) in [6, 6.07) is 1.80. The molecule has 2 aromatic rings. The molecule has 0 spiro atoms. The highest BCUT2D eigenvalue weighted by Gasteiger charge is 2.61. The number of likely N-dealkylation sites (tertiary alicyclic amines) is 1. The molecule has 4 heterocycles. The third-order valence-electron chi connectivity index (χ3n) is 8.45. The average molecular weight is 558 g/mol. The van der Waals surface area contributed by atoms with Crippen LogP contribution in [0.3, 0.4) is 0 Å². The summed E-state index contributed by atoms with van der Waals surface area (Å²) in [4.78, 5) is 20.9. The Kier molecular flexibility index (Phi) is 5.89. The van der Waals surface area contributed by atoms with Crippen LogP contribution in [0.1, 0.15) is 57.3 Å². The van der Waals surface area contributed by atoms with Gasteiger partial charge in [0.25, 0.3) is 0 Å². The number of carbonyl (C=O) groups is 1. The normalized spacial score (nSPS) is 30.1. The Morgan fingerprint density at radius 2 is 1.77 bits per heavy atom. The van der Waals surface area contributed by atoms with Crippen molar-refractivity contribution in [2.45, 2.75) is 76.4 Å². The summed E-state index contributed by atoms with van der Waals surface area (Å²) in [6.07, 6.45) is -3.80. The molecule has 2 saturated heterocycles. The van der Waals surface area contributed by atoms with Crippen molar-refractivity contribution in [2.75, 3.05) is 18.0 Å². The highest BCUT2D eigenvalue weighted by molar-refractivity contribution is 5.69. The molecule has 39 heavy (non-hydrogen) atoms. The number of amides is 1. The molecule has 3 fully saturated rings. The fraction of sp³-hybridized carbons (Fsp3) is 0.654. The second kappa shape index (κ2) is 8.76. The Bertz CT molecular complexity index is 1310. The fourth-order valence-electron chi connectivity index (χ4n) is 6.66. The van der Waals surface area contributed by atoms with Gasteiger partial charge < -0.3 is 14.5 Å². The molecule has 212 valence electrons. The minimum atomic E-state index is -4.59. The average Bonchev–Trinajstić information content (AvgIpc) is 3.19. The van der Waals surface area contributed by atoms with Gasteiger partial charge in [-0.2, -0.15) is 18.2 Å². The third kappa shape index (κ3) is 4.51. The smallest absolute Gasteiger partial charge is 0.410 e. The second-order valence-electron chi connectivity index (χ2n) is 12.1. The molecule has 1 saturated carbocycles. The molecule has 1 amide bonds. The predicted octanol–water partition coefficient (Wildman–Crippen LogP) is 5.24. The van der Waals surface area contributed by atoms with Crippen LogP contribution >= 0.6 is 0 Å². The minimum absolute atomic E-state index is 0.0255. The minimum Gasteiger partial charge on any atom is -0.444 e. The molecule has 13 heteroatoms. The molecule has 0 bridgehead atoms. The van der Waals surface area contributed by atoms with Gasteiger partial charge in [-0.1, -0.05) is 6.07 Å². The summed E-state index contributed by atoms with van der Waals surface area (Å²) in [5, 5.41) is 4.40. The topological polar surface area (TPSA) is 63.3 Å². The van der Waals surface area contributed by atoms with Gasteiger partial charge in [0, 0.05) is 30.5 Å². The summed E-state index contributed by atoms with van der Waals surface area (Å²) in [5.41, 5.74) is -0.994. The predicted molar refractivity (Wildman–Crippen MR) is 126 cm³/mol. The number of hydrogen-bond acceptors (Lipinski definition) is 5. The van der Waals surface area contributed by atoms with Gasteiger partial charge in [0.2, 0.25) is 5.95 Å². The highest BCUT2D eigenvalue weighted by Crippen LogP contribution is 2.52. The summed E-state index contributed by atoms with van der Waals surface area (Å²) in [5.74, 6) is -7.02. The number of halogens is 6. The van der Waals surface area contributed by atoms with E-state index in [4.69, 9.17) is 4.74 Å². The van der Waals surface area contributed by atoms with Crippen LogP contribution in [0.4, 0.5) is 37.1 Å². The number of aromatic nitrogens is 3. The van der Waals surface area contributed by atoms with E-state index < -0.39 is 54.0 Å². The number of fused-ring (bicyclic) bond motifs is 4. The Morgan fingerprint density at radius 1 is 1.03 bits per heavy atom. The Morgan fingerprint density at radius 3 is 2.46 bits per heavy atom. The van der Waals surface area contributed by atoms with Gasteiger partial charge in [-0.3, -0.25) is 0 Å². The van der Waals surface area contributed by atoms with Gasteiger partial charge in [-0.25, -0.2) is 22.6 Å². The second-order valence-corrected chi connectivity index (χ2v) is 12.1. The summed E-state index contributed by atoms with van der Waals surface area (Å²) >= 11 is 0. The van der Waals surface area contributed by atoms with Crippen molar-refractivity contribution in [3.05, 3.63) is 41.0 Å². The van der Waals surface area contributed by atoms with Crippen molar-refractivity contribution in [1.29, 1.82) is 0 Å². The number of rotatable bonds is 2. The van der Waals surface area contributed by atoms with Gasteiger partial charge in [-0.15, -0.1) is 5.10 Å². The van der Waals surface area contributed by atoms with Gasteiger partial charge in [0.1, 0.15) is 11.4 Å². The third-order valence-corrected chi connectivity index (χ3v) is 8.45. The first-order chi connectivity index (χ1) is 18.2. The maximum atomic E-state index is 14.7. The Hall–Kier alpha value is -2.99. The number of nitrogens with zero attached hydrogens (tertiary/aromatic N) is 5. The molecular formula is C26H29F6N5O2. The van der Waals surface area contributed by atoms with Crippen molar-refractivity contribution in [3.8, 4) is 0 Å². The first-order valence-corrected chi connectivity index (χ1v) is 13.1. The number of hydrogen-bond donors (Lipinski definition) is 0. The zero-order valence-electron chi connectivity index (χ0n) is 21.7. The van der Waals surface area contributed by atoms with E-state index >= 15 is 0 Å². The monoisotopic (exact) mass is 557 g/mol. The van der Waals surface area contributed by atoms with Crippen molar-refractivity contribution >= 4 is 12.0 Å². The number of carbonyl (C=O) groups excluding carboxylic acids is 1. The molecule has 7 nitrogen and oxygen atoms in total. The lowest BCUT2D eigenvalue weighted by atomic mass is 9.82. The van der Waals surface area contributed by atoms with Crippen molar-refractivity contribution in [2.24, 2.45) is 17.8 Å². The van der Waals surface area contributed by atoms with E-state index in [1.807, 2.05) is 25.7 Å². The lowest BCUT2D eigenvalue weighted by molar-refractivity contribution is -0.184. The van der Waals surface area contributed by atoms with Crippen LogP contribution in [0.15, 0.2) is 12.1 Å². The summed E-state index contributed by atoms with van der Waals surface area (Å²) in [7, 11) is 0. The van der Waals surface area contributed by atoms with Crippen molar-refractivity contribution < 1.29 is 35.9 Å². The van der Waals surface area contributed by atoms with E-state index in [1.165, 1.54) is 0 Å². The standard InChI is InChI=1S/C26H29F6N5O2/c1-25(2,3)39-24(38)35-9-12-4-7-18-21(16(12)11-35)37(18)23-33-22-15(14-5-6-17(27)20(29)19(14)28)8-13(26(30,31)32)10-36(22)34-23/h5-6,12-13,15-16,18,21H,4,7-11H2,1-3H3/t12?,13?,15?,16-,18-,21+,37?/m1/s1. The van der Waals surface area contributed by atoms with Crippen LogP contribution < -0.4 is 4.90 Å². The maximum Gasteiger partial charge on any atom is 0.410 e. The summed E-state index contributed by atoms with van der Waals surface area (Å²) < 4.78 is 90.4. The molecule has 1 aromatic heterocycles. The molecule has 1 aromatic carbocycles. The number of anilines is 1. The molecular weight excluding hydrogens is 528 g/mol. The fourth-order valence-corrected chi connectivity index (χ4v) is 6.66. The van der Waals surface area contributed by atoms with Crippen LogP contribution in [0.5, 0.6) is 0 Å². The van der Waals surface area contributed by atoms with E-state index in [9.17, 15) is 31.1 Å². The van der Waals surface area contributed by atoms with Gasteiger partial charge >= 0.3 is 12.3 Å². The largest absolute Gasteiger partial charge is 0.444 e. The van der Waals surface area contributed by atoms with Crippen LogP contribution in [-0.4, -0.2) is 62.7 Å². The van der Waals surface area contributed by atoms with E-state index in [2.05, 4.69) is 10.1 Å². The number of benzene rings is 1. The lowest BCUT2D eigenvalue weighted by Gasteiger charge is -2.30. The number of ether oxygens (including phenoxy) is 1. The van der Waals surface area contributed by atoms with E-state index in [0.717, 1.165) is 23.6 Å². The van der Waals surface area contributed by atoms with Gasteiger partial charge in [-0.05, 0) is 52.0 Å². The van der Waals surface area contributed by atoms with Crippen LogP contribution in [-0.2, 0) is 11.3 Å². The van der Waals surface area contributed by atoms with E-state index in [1.54, 1.807) is 4.90 Å². The zero-order chi connectivity index (χ0) is 28.0.